The predicted molar refractivity (Wildman–Crippen MR) is 157 cm³/mol. The van der Waals surface area contributed by atoms with E-state index < -0.39 is 0 Å². The minimum atomic E-state index is -0.0372. The Labute approximate surface area is 224 Å². The van der Waals surface area contributed by atoms with E-state index in [1.165, 1.54) is 39.7 Å². The van der Waals surface area contributed by atoms with E-state index in [1.807, 2.05) is 47.4 Å². The van der Waals surface area contributed by atoms with E-state index in [2.05, 4.69) is 73.8 Å². The molecule has 0 radical (unpaired) electrons. The highest BCUT2D eigenvalue weighted by Crippen LogP contribution is 2.41. The minimum Gasteiger partial charge on any atom is -0.335 e. The number of nitrogens with one attached hydrogen (secondary N) is 1. The average molecular weight is 508 g/mol. The van der Waals surface area contributed by atoms with Gasteiger partial charge in [0.2, 0.25) is 5.91 Å². The molecule has 5 heteroatoms. The van der Waals surface area contributed by atoms with E-state index in [1.54, 1.807) is 0 Å². The Morgan fingerprint density at radius 2 is 1.62 bits per heavy atom. The zero-order valence-electron chi connectivity index (χ0n) is 21.4. The van der Waals surface area contributed by atoms with Crippen LogP contribution in [0.5, 0.6) is 0 Å². The third kappa shape index (κ3) is 5.89. The molecule has 1 amide bonds. The molecule has 4 nitrogen and oxygen atoms in total. The highest BCUT2D eigenvalue weighted by atomic mass is 32.2. The number of hydrogen-bond donors (Lipinski definition) is 1. The number of carbonyl (C=O) groups excluding carboxylic acids is 1. The molecular formula is C32H33N3OS. The molecule has 1 aliphatic carbocycles. The molecule has 0 bridgehead atoms. The van der Waals surface area contributed by atoms with Crippen LogP contribution in [-0.4, -0.2) is 22.9 Å². The third-order valence-electron chi connectivity index (χ3n) is 6.75. The van der Waals surface area contributed by atoms with Gasteiger partial charge in [0.05, 0.1) is 5.75 Å². The van der Waals surface area contributed by atoms with Gasteiger partial charge in [-0.15, -0.1) is 0 Å². The molecule has 1 heterocycles. The molecule has 5 rings (SSSR count). The van der Waals surface area contributed by atoms with Crippen LogP contribution in [0.4, 0.5) is 5.69 Å². The number of allylic oxidation sites excluding steroid dienone is 1. The summed E-state index contributed by atoms with van der Waals surface area (Å²) >= 11 is 1.49. The maximum Gasteiger partial charge on any atom is 0.237 e. The number of hydrogen-bond acceptors (Lipinski definition) is 4. The minimum absolute atomic E-state index is 0.0372. The predicted octanol–water partition coefficient (Wildman–Crippen LogP) is 7.38. The maximum absolute atomic E-state index is 13.4. The van der Waals surface area contributed by atoms with Crippen LogP contribution < -0.4 is 10.2 Å². The molecule has 3 aromatic rings. The van der Waals surface area contributed by atoms with Gasteiger partial charge in [-0.3, -0.25) is 4.79 Å². The van der Waals surface area contributed by atoms with Crippen molar-refractivity contribution in [1.82, 2.24) is 5.32 Å². The first-order valence-electron chi connectivity index (χ1n) is 13.0. The first kappa shape index (κ1) is 25.1. The molecule has 3 aromatic carbocycles. The van der Waals surface area contributed by atoms with Gasteiger partial charge in [0.15, 0.2) is 5.17 Å². The summed E-state index contributed by atoms with van der Waals surface area (Å²) in [5.41, 5.74) is 7.14. The fourth-order valence-corrected chi connectivity index (χ4v) is 5.84. The Balaban J connectivity index is 1.43. The Morgan fingerprint density at radius 3 is 2.30 bits per heavy atom. The highest BCUT2D eigenvalue weighted by molar-refractivity contribution is 8.14. The molecule has 0 spiro atoms. The van der Waals surface area contributed by atoms with Crippen LogP contribution in [0.25, 0.3) is 6.08 Å². The van der Waals surface area contributed by atoms with Crippen LogP contribution in [-0.2, 0) is 4.79 Å². The molecule has 0 saturated carbocycles. The van der Waals surface area contributed by atoms with Crippen LogP contribution in [0.3, 0.4) is 0 Å². The van der Waals surface area contributed by atoms with Gasteiger partial charge in [0.1, 0.15) is 6.04 Å². The zero-order chi connectivity index (χ0) is 25.6. The second-order valence-corrected chi connectivity index (χ2v) is 10.7. The van der Waals surface area contributed by atoms with Gasteiger partial charge < -0.3 is 10.2 Å². The molecule has 1 unspecified atom stereocenters. The number of nitrogens with zero attached hydrogens (tertiary/aromatic N) is 2. The smallest absolute Gasteiger partial charge is 0.237 e. The van der Waals surface area contributed by atoms with E-state index in [0.717, 1.165) is 30.1 Å². The summed E-state index contributed by atoms with van der Waals surface area (Å²) in [4.78, 5) is 20.4. The van der Waals surface area contributed by atoms with Crippen molar-refractivity contribution in [3.05, 3.63) is 119 Å². The Bertz CT molecular complexity index is 1310. The summed E-state index contributed by atoms with van der Waals surface area (Å²) in [7, 11) is 0. The standard InChI is InChI=1S/C32H33N3OS/c1-23(2)35(27-18-10-5-11-19-27)29(36)22-37-32-33-30(25-15-8-4-9-16-25)28-20-12-17-26(31(28)34-32)21-24-13-6-3-7-14-24/h3-11,13-16,18-19,21,23,30H,12,17,20,22H2,1-2H3,(H,33,34)/b26-21+. The molecular weight excluding hydrogens is 474 g/mol. The van der Waals surface area contributed by atoms with E-state index in [0.29, 0.717) is 5.75 Å². The van der Waals surface area contributed by atoms with Crippen molar-refractivity contribution < 1.29 is 4.79 Å². The van der Waals surface area contributed by atoms with Crippen molar-refractivity contribution in [2.24, 2.45) is 4.99 Å². The van der Waals surface area contributed by atoms with Crippen molar-refractivity contribution in [2.45, 2.75) is 45.2 Å². The number of benzene rings is 3. The van der Waals surface area contributed by atoms with Crippen LogP contribution >= 0.6 is 11.8 Å². The SMILES string of the molecule is CC(C)N(C(=O)CSC1=NC(c2ccccc2)C2=C(N1)/C(=C/c1ccccc1)CCC2)c1ccccc1. The molecule has 1 atom stereocenters. The summed E-state index contributed by atoms with van der Waals surface area (Å²) in [6.07, 6.45) is 5.44. The topological polar surface area (TPSA) is 44.7 Å². The molecule has 0 aromatic heterocycles. The molecule has 0 fully saturated rings. The Hall–Kier alpha value is -3.57. The normalized spacial score (nSPS) is 18.3. The molecule has 1 N–H and O–H groups in total. The van der Waals surface area contributed by atoms with Crippen LogP contribution in [0.2, 0.25) is 0 Å². The third-order valence-corrected chi connectivity index (χ3v) is 7.62. The summed E-state index contributed by atoms with van der Waals surface area (Å²) in [6, 6.07) is 30.9. The quantitative estimate of drug-likeness (QED) is 0.378. The van der Waals surface area contributed by atoms with Crippen molar-refractivity contribution in [3.63, 3.8) is 0 Å². The van der Waals surface area contributed by atoms with Crippen molar-refractivity contribution in [1.29, 1.82) is 0 Å². The van der Waals surface area contributed by atoms with Crippen LogP contribution in [0.1, 0.15) is 50.3 Å². The average Bonchev–Trinajstić information content (AvgIpc) is 2.93. The van der Waals surface area contributed by atoms with Gasteiger partial charge >= 0.3 is 0 Å². The second-order valence-electron chi connectivity index (χ2n) is 9.69. The van der Waals surface area contributed by atoms with E-state index >= 15 is 0 Å². The van der Waals surface area contributed by atoms with E-state index in [4.69, 9.17) is 4.99 Å². The Kier molecular flexibility index (Phi) is 7.90. The lowest BCUT2D eigenvalue weighted by molar-refractivity contribution is -0.116. The van der Waals surface area contributed by atoms with Gasteiger partial charge in [-0.25, -0.2) is 4.99 Å². The number of para-hydroxylation sites is 1. The molecule has 188 valence electrons. The lowest BCUT2D eigenvalue weighted by atomic mass is 9.84. The lowest BCUT2D eigenvalue weighted by Gasteiger charge is -2.33. The fourth-order valence-electron chi connectivity index (χ4n) is 5.09. The molecule has 1 aliphatic heterocycles. The van der Waals surface area contributed by atoms with Crippen molar-refractivity contribution in [3.8, 4) is 0 Å². The number of aliphatic imine (C=N–C) groups is 1. The Morgan fingerprint density at radius 1 is 0.973 bits per heavy atom. The van der Waals surface area contributed by atoms with Gasteiger partial charge in [0, 0.05) is 17.4 Å². The van der Waals surface area contributed by atoms with Crippen LogP contribution in [0.15, 0.2) is 113 Å². The first-order valence-corrected chi connectivity index (χ1v) is 14.0. The molecule has 2 aliphatic rings. The van der Waals surface area contributed by atoms with Gasteiger partial charge in [0.25, 0.3) is 0 Å². The number of amides is 1. The highest BCUT2D eigenvalue weighted by Gasteiger charge is 2.30. The molecule has 0 saturated heterocycles. The second kappa shape index (κ2) is 11.7. The summed E-state index contributed by atoms with van der Waals surface area (Å²) in [5.74, 6) is 0.399. The van der Waals surface area contributed by atoms with Crippen molar-refractivity contribution in [2.75, 3.05) is 10.7 Å². The summed E-state index contributed by atoms with van der Waals surface area (Å²) in [5, 5.41) is 4.45. The summed E-state index contributed by atoms with van der Waals surface area (Å²) < 4.78 is 0. The number of amidine groups is 1. The maximum atomic E-state index is 13.4. The largest absolute Gasteiger partial charge is 0.335 e. The van der Waals surface area contributed by atoms with E-state index in [9.17, 15) is 4.79 Å². The number of rotatable bonds is 6. The number of thioether (sulfide) groups is 1. The van der Waals surface area contributed by atoms with Gasteiger partial charge in [-0.1, -0.05) is 90.6 Å². The van der Waals surface area contributed by atoms with Gasteiger partial charge in [-0.05, 0) is 73.6 Å². The summed E-state index contributed by atoms with van der Waals surface area (Å²) in [6.45, 7) is 4.11. The lowest BCUT2D eigenvalue weighted by Crippen LogP contribution is -2.39. The fraction of sp³-hybridized carbons (Fsp3) is 0.250. The monoisotopic (exact) mass is 507 g/mol. The number of carbonyl (C=O) groups is 1. The molecule has 37 heavy (non-hydrogen) atoms. The van der Waals surface area contributed by atoms with Crippen molar-refractivity contribution >= 4 is 34.6 Å². The van der Waals surface area contributed by atoms with Crippen LogP contribution in [0, 0.1) is 0 Å². The van der Waals surface area contributed by atoms with Gasteiger partial charge in [-0.2, -0.15) is 0 Å². The number of anilines is 1. The zero-order valence-corrected chi connectivity index (χ0v) is 22.2. The first-order chi connectivity index (χ1) is 18.1. The van der Waals surface area contributed by atoms with E-state index in [-0.39, 0.29) is 18.0 Å².